The lowest BCUT2D eigenvalue weighted by atomic mass is 10.0. The molecule has 1 unspecified atom stereocenters. The van der Waals surface area contributed by atoms with Gasteiger partial charge in [0.1, 0.15) is 0 Å². The van der Waals surface area contributed by atoms with E-state index in [1.54, 1.807) is 7.11 Å². The molecule has 130 valence electrons. The van der Waals surface area contributed by atoms with Crippen LogP contribution in [0.5, 0.6) is 0 Å². The van der Waals surface area contributed by atoms with Gasteiger partial charge < -0.3 is 15.0 Å². The summed E-state index contributed by atoms with van der Waals surface area (Å²) in [6.07, 6.45) is 2.59. The third-order valence-corrected chi connectivity index (χ3v) is 4.04. The zero-order valence-corrected chi connectivity index (χ0v) is 16.9. The van der Waals surface area contributed by atoms with Crippen LogP contribution in [-0.4, -0.2) is 37.6 Å². The number of guanidine groups is 1. The van der Waals surface area contributed by atoms with Crippen LogP contribution < -0.4 is 5.32 Å². The fourth-order valence-electron chi connectivity index (χ4n) is 2.88. The van der Waals surface area contributed by atoms with E-state index in [0.717, 1.165) is 38.1 Å². The summed E-state index contributed by atoms with van der Waals surface area (Å²) in [5.74, 6) is 1.81. The molecule has 5 heteroatoms. The zero-order valence-electron chi connectivity index (χ0n) is 14.5. The Balaban J connectivity index is 0.00000264. The standard InChI is InChI=1S/C18H29N3O.HI/c1-4-19-18(21-11-5-6-15(2)13-21)20-12-16-7-9-17(10-8-16)14-22-3;/h7-10,15H,4-6,11-14H2,1-3H3,(H,19,20);1H. The minimum atomic E-state index is 0. The third kappa shape index (κ3) is 6.67. The van der Waals surface area contributed by atoms with Crippen LogP contribution in [0.4, 0.5) is 0 Å². The molecule has 0 radical (unpaired) electrons. The Hall–Kier alpha value is -0.820. The van der Waals surface area contributed by atoms with Crippen LogP contribution in [0.25, 0.3) is 0 Å². The van der Waals surface area contributed by atoms with Gasteiger partial charge in [0.2, 0.25) is 0 Å². The first kappa shape index (κ1) is 20.2. The van der Waals surface area contributed by atoms with Crippen molar-refractivity contribution in [3.05, 3.63) is 35.4 Å². The van der Waals surface area contributed by atoms with Crippen LogP contribution in [0.2, 0.25) is 0 Å². The van der Waals surface area contributed by atoms with Crippen molar-refractivity contribution in [3.8, 4) is 0 Å². The molecular weight excluding hydrogens is 401 g/mol. The Morgan fingerprint density at radius 2 is 2.00 bits per heavy atom. The Labute approximate surface area is 157 Å². The number of aliphatic imine (C=N–C) groups is 1. The van der Waals surface area contributed by atoms with Crippen LogP contribution in [0.3, 0.4) is 0 Å². The fraction of sp³-hybridized carbons (Fsp3) is 0.611. The highest BCUT2D eigenvalue weighted by molar-refractivity contribution is 14.0. The predicted octanol–water partition coefficient (Wildman–Crippen LogP) is 3.65. The predicted molar refractivity (Wildman–Crippen MR) is 107 cm³/mol. The molecule has 1 aromatic carbocycles. The first-order chi connectivity index (χ1) is 10.7. The number of nitrogens with one attached hydrogen (secondary N) is 1. The maximum absolute atomic E-state index is 5.14. The van der Waals surface area contributed by atoms with E-state index in [1.807, 2.05) is 0 Å². The molecule has 4 nitrogen and oxygen atoms in total. The van der Waals surface area contributed by atoms with Gasteiger partial charge in [-0.15, -0.1) is 24.0 Å². The summed E-state index contributed by atoms with van der Waals surface area (Å²) in [5.41, 5.74) is 2.44. The van der Waals surface area contributed by atoms with E-state index >= 15 is 0 Å². The second-order valence-corrected chi connectivity index (χ2v) is 6.11. The molecule has 0 aliphatic carbocycles. The molecule has 23 heavy (non-hydrogen) atoms. The Bertz CT molecular complexity index is 476. The summed E-state index contributed by atoms with van der Waals surface area (Å²) >= 11 is 0. The average Bonchev–Trinajstić information content (AvgIpc) is 2.53. The summed E-state index contributed by atoms with van der Waals surface area (Å²) in [6, 6.07) is 8.51. The zero-order chi connectivity index (χ0) is 15.8. The van der Waals surface area contributed by atoms with Gasteiger partial charge in [0.15, 0.2) is 5.96 Å². The summed E-state index contributed by atoms with van der Waals surface area (Å²) in [5, 5.41) is 3.43. The van der Waals surface area contributed by atoms with Gasteiger partial charge in [-0.05, 0) is 36.8 Å². The van der Waals surface area contributed by atoms with E-state index in [9.17, 15) is 0 Å². The van der Waals surface area contributed by atoms with E-state index in [2.05, 4.69) is 48.3 Å². The molecule has 0 bridgehead atoms. The fourth-order valence-corrected chi connectivity index (χ4v) is 2.88. The number of hydrogen-bond donors (Lipinski definition) is 1. The van der Waals surface area contributed by atoms with Gasteiger partial charge in [-0.2, -0.15) is 0 Å². The van der Waals surface area contributed by atoms with Crippen molar-refractivity contribution in [2.45, 2.75) is 39.8 Å². The Kier molecular flexibility index (Phi) is 9.55. The van der Waals surface area contributed by atoms with Crippen LogP contribution >= 0.6 is 24.0 Å². The van der Waals surface area contributed by atoms with E-state index in [-0.39, 0.29) is 24.0 Å². The SMILES string of the molecule is CCNC(=NCc1ccc(COC)cc1)N1CCCC(C)C1.I. The highest BCUT2D eigenvalue weighted by Crippen LogP contribution is 2.16. The largest absolute Gasteiger partial charge is 0.380 e. The number of likely N-dealkylation sites (tertiary alicyclic amines) is 1. The molecule has 1 atom stereocenters. The first-order valence-corrected chi connectivity index (χ1v) is 8.33. The second kappa shape index (κ2) is 10.9. The van der Waals surface area contributed by atoms with Crippen LogP contribution in [0, 0.1) is 5.92 Å². The van der Waals surface area contributed by atoms with Gasteiger partial charge in [0, 0.05) is 26.7 Å². The summed E-state index contributed by atoms with van der Waals surface area (Å²) in [4.78, 5) is 7.22. The quantitative estimate of drug-likeness (QED) is 0.440. The number of rotatable bonds is 5. The van der Waals surface area contributed by atoms with Crippen molar-refractivity contribution >= 4 is 29.9 Å². The molecule has 1 aliphatic rings. The summed E-state index contributed by atoms with van der Waals surface area (Å²) in [7, 11) is 1.72. The number of halogens is 1. The van der Waals surface area contributed by atoms with Gasteiger partial charge in [0.25, 0.3) is 0 Å². The van der Waals surface area contributed by atoms with E-state index < -0.39 is 0 Å². The third-order valence-electron chi connectivity index (χ3n) is 4.04. The normalized spacial score (nSPS) is 18.5. The van der Waals surface area contributed by atoms with E-state index in [0.29, 0.717) is 6.61 Å². The van der Waals surface area contributed by atoms with E-state index in [1.165, 1.54) is 24.0 Å². The van der Waals surface area contributed by atoms with Gasteiger partial charge in [-0.1, -0.05) is 31.2 Å². The number of piperidine rings is 1. The minimum Gasteiger partial charge on any atom is -0.380 e. The lowest BCUT2D eigenvalue weighted by molar-refractivity contribution is 0.185. The lowest BCUT2D eigenvalue weighted by Crippen LogP contribution is -2.46. The van der Waals surface area contributed by atoms with Crippen LogP contribution in [0.15, 0.2) is 29.3 Å². The van der Waals surface area contributed by atoms with E-state index in [4.69, 9.17) is 9.73 Å². The highest BCUT2D eigenvalue weighted by atomic mass is 127. The van der Waals surface area contributed by atoms with Crippen molar-refractivity contribution in [2.24, 2.45) is 10.9 Å². The van der Waals surface area contributed by atoms with Gasteiger partial charge in [0.05, 0.1) is 13.2 Å². The first-order valence-electron chi connectivity index (χ1n) is 8.33. The second-order valence-electron chi connectivity index (χ2n) is 6.11. The molecule has 1 fully saturated rings. The molecule has 1 saturated heterocycles. The molecule has 1 N–H and O–H groups in total. The molecule has 0 amide bonds. The topological polar surface area (TPSA) is 36.9 Å². The van der Waals surface area contributed by atoms with Gasteiger partial charge in [-0.25, -0.2) is 4.99 Å². The molecule has 0 saturated carbocycles. The van der Waals surface area contributed by atoms with Crippen molar-refractivity contribution in [3.63, 3.8) is 0 Å². The van der Waals surface area contributed by atoms with Crippen LogP contribution in [0.1, 0.15) is 37.8 Å². The number of ether oxygens (including phenoxy) is 1. The Morgan fingerprint density at radius 3 is 2.61 bits per heavy atom. The minimum absolute atomic E-state index is 0. The average molecular weight is 431 g/mol. The summed E-state index contributed by atoms with van der Waals surface area (Å²) in [6.45, 7) is 8.98. The number of nitrogens with zero attached hydrogens (tertiary/aromatic N) is 2. The number of benzene rings is 1. The smallest absolute Gasteiger partial charge is 0.194 e. The molecule has 2 rings (SSSR count). The molecule has 1 aliphatic heterocycles. The van der Waals surface area contributed by atoms with Crippen molar-refractivity contribution < 1.29 is 4.74 Å². The summed E-state index contributed by atoms with van der Waals surface area (Å²) < 4.78 is 5.14. The van der Waals surface area contributed by atoms with Gasteiger partial charge >= 0.3 is 0 Å². The molecule has 1 heterocycles. The maximum Gasteiger partial charge on any atom is 0.194 e. The molecular formula is C18H30IN3O. The molecule has 1 aromatic rings. The lowest BCUT2D eigenvalue weighted by Gasteiger charge is -2.33. The number of methoxy groups -OCH3 is 1. The monoisotopic (exact) mass is 431 g/mol. The Morgan fingerprint density at radius 1 is 1.30 bits per heavy atom. The number of hydrogen-bond acceptors (Lipinski definition) is 2. The van der Waals surface area contributed by atoms with Crippen LogP contribution in [-0.2, 0) is 17.9 Å². The van der Waals surface area contributed by atoms with Crippen molar-refractivity contribution in [1.29, 1.82) is 0 Å². The van der Waals surface area contributed by atoms with Crippen molar-refractivity contribution in [2.75, 3.05) is 26.7 Å². The van der Waals surface area contributed by atoms with Crippen molar-refractivity contribution in [1.82, 2.24) is 10.2 Å². The highest BCUT2D eigenvalue weighted by Gasteiger charge is 2.18. The molecule has 0 spiro atoms. The maximum atomic E-state index is 5.14. The van der Waals surface area contributed by atoms with Gasteiger partial charge in [-0.3, -0.25) is 0 Å². The molecule has 0 aromatic heterocycles.